The molecule has 4 rings (SSSR count). The highest BCUT2D eigenvalue weighted by Gasteiger charge is 2.34. The number of carbonyl (C=O) groups excluding carboxylic acids is 1. The van der Waals surface area contributed by atoms with Crippen molar-refractivity contribution in [1.82, 2.24) is 29.6 Å². The number of nitrogens with one attached hydrogen (secondary N) is 2. The minimum absolute atomic E-state index is 0.0180. The van der Waals surface area contributed by atoms with Gasteiger partial charge >= 0.3 is 0 Å². The van der Waals surface area contributed by atoms with Crippen molar-refractivity contribution in [3.8, 4) is 0 Å². The van der Waals surface area contributed by atoms with Gasteiger partial charge in [-0.05, 0) is 45.6 Å². The third-order valence-corrected chi connectivity index (χ3v) is 8.29. The van der Waals surface area contributed by atoms with Gasteiger partial charge in [-0.15, -0.1) is 0 Å². The maximum absolute atomic E-state index is 13.2. The van der Waals surface area contributed by atoms with Gasteiger partial charge < -0.3 is 5.32 Å². The smallest absolute Gasteiger partial charge is 0.271 e. The summed E-state index contributed by atoms with van der Waals surface area (Å²) >= 11 is 0. The lowest BCUT2D eigenvalue weighted by Crippen LogP contribution is -2.39. The molecule has 0 unspecified atom stereocenters. The molecule has 1 saturated heterocycles. The van der Waals surface area contributed by atoms with Crippen LogP contribution in [0.15, 0.2) is 17.2 Å². The average Bonchev–Trinajstić information content (AvgIpc) is 3.49. The first-order chi connectivity index (χ1) is 14.4. The van der Waals surface area contributed by atoms with Gasteiger partial charge in [0.1, 0.15) is 10.6 Å². The summed E-state index contributed by atoms with van der Waals surface area (Å²) < 4.78 is 29.6. The molecule has 0 bridgehead atoms. The normalized spacial score (nSPS) is 21.2. The number of rotatable bonds is 6. The summed E-state index contributed by atoms with van der Waals surface area (Å²) in [7, 11) is -3.61. The second-order valence-corrected chi connectivity index (χ2v) is 10.2. The fraction of sp³-hybridized carbons (Fsp3) is 0.650. The van der Waals surface area contributed by atoms with E-state index in [-0.39, 0.29) is 22.8 Å². The topological polar surface area (TPSA) is 113 Å². The zero-order valence-corrected chi connectivity index (χ0v) is 18.4. The van der Waals surface area contributed by atoms with Crippen LogP contribution in [0.4, 0.5) is 0 Å². The first kappa shape index (κ1) is 21.0. The molecule has 1 atom stereocenters. The van der Waals surface area contributed by atoms with E-state index in [2.05, 4.69) is 20.6 Å². The SMILES string of the molecule is CCn1ncc(S(=O)(=O)N2CCC[C@@H](c3cc(C(=O)NC4CCCC4)n[nH]3)C2)c1C. The van der Waals surface area contributed by atoms with E-state index in [4.69, 9.17) is 0 Å². The Morgan fingerprint density at radius 1 is 1.27 bits per heavy atom. The van der Waals surface area contributed by atoms with Gasteiger partial charge in [-0.25, -0.2) is 8.42 Å². The van der Waals surface area contributed by atoms with Gasteiger partial charge in [-0.2, -0.15) is 14.5 Å². The number of aromatic amines is 1. The first-order valence-corrected chi connectivity index (χ1v) is 12.2. The summed E-state index contributed by atoms with van der Waals surface area (Å²) in [6.45, 7) is 5.20. The van der Waals surface area contributed by atoms with Gasteiger partial charge in [0.15, 0.2) is 0 Å². The Kier molecular flexibility index (Phi) is 5.97. The molecule has 9 nitrogen and oxygen atoms in total. The van der Waals surface area contributed by atoms with Gasteiger partial charge in [0.25, 0.3) is 5.91 Å². The average molecular weight is 435 g/mol. The zero-order valence-electron chi connectivity index (χ0n) is 17.6. The van der Waals surface area contributed by atoms with Crippen molar-refractivity contribution in [2.75, 3.05) is 13.1 Å². The lowest BCUT2D eigenvalue weighted by molar-refractivity contribution is 0.0932. The van der Waals surface area contributed by atoms with Gasteiger partial charge in [0.2, 0.25) is 10.0 Å². The van der Waals surface area contributed by atoms with Crippen LogP contribution in [0, 0.1) is 6.92 Å². The summed E-state index contributed by atoms with van der Waals surface area (Å²) in [5, 5.41) is 14.4. The molecule has 0 radical (unpaired) electrons. The number of amides is 1. The Morgan fingerprint density at radius 3 is 2.73 bits per heavy atom. The van der Waals surface area contributed by atoms with E-state index in [1.165, 1.54) is 10.5 Å². The quantitative estimate of drug-likeness (QED) is 0.723. The van der Waals surface area contributed by atoms with Crippen LogP contribution in [0.5, 0.6) is 0 Å². The molecule has 0 spiro atoms. The number of hydrogen-bond acceptors (Lipinski definition) is 5. The predicted molar refractivity (Wildman–Crippen MR) is 112 cm³/mol. The standard InChI is InChI=1S/C20H30N6O3S/c1-3-26-14(2)19(12-21-26)30(28,29)25-10-6-7-15(13-25)17-11-18(24-23-17)20(27)22-16-8-4-5-9-16/h11-12,15-16H,3-10,13H2,1-2H3,(H,22,27)(H,23,24)/t15-/m1/s1. The van der Waals surface area contributed by atoms with E-state index in [1.807, 2.05) is 6.92 Å². The second kappa shape index (κ2) is 8.50. The number of aryl methyl sites for hydroxylation is 1. The van der Waals surface area contributed by atoms with Crippen LogP contribution >= 0.6 is 0 Å². The number of sulfonamides is 1. The molecule has 1 amide bonds. The monoisotopic (exact) mass is 434 g/mol. The first-order valence-electron chi connectivity index (χ1n) is 10.8. The van der Waals surface area contributed by atoms with E-state index in [0.29, 0.717) is 31.0 Å². The van der Waals surface area contributed by atoms with Crippen molar-refractivity contribution in [1.29, 1.82) is 0 Å². The highest BCUT2D eigenvalue weighted by molar-refractivity contribution is 7.89. The number of aromatic nitrogens is 4. The molecule has 2 aromatic heterocycles. The maximum atomic E-state index is 13.2. The molecule has 2 aromatic rings. The molecular formula is C20H30N6O3S. The maximum Gasteiger partial charge on any atom is 0.271 e. The number of hydrogen-bond donors (Lipinski definition) is 2. The van der Waals surface area contributed by atoms with E-state index >= 15 is 0 Å². The van der Waals surface area contributed by atoms with E-state index < -0.39 is 10.0 Å². The minimum atomic E-state index is -3.61. The van der Waals surface area contributed by atoms with Crippen LogP contribution in [-0.2, 0) is 16.6 Å². The van der Waals surface area contributed by atoms with Crippen molar-refractivity contribution in [2.45, 2.75) is 75.8 Å². The van der Waals surface area contributed by atoms with E-state index in [0.717, 1.165) is 44.2 Å². The van der Waals surface area contributed by atoms with Gasteiger partial charge in [-0.1, -0.05) is 12.8 Å². The van der Waals surface area contributed by atoms with E-state index in [1.54, 1.807) is 17.7 Å². The molecule has 30 heavy (non-hydrogen) atoms. The number of carbonyl (C=O) groups is 1. The molecule has 1 aliphatic carbocycles. The molecule has 1 saturated carbocycles. The fourth-order valence-electron chi connectivity index (χ4n) is 4.55. The number of piperidine rings is 1. The molecule has 10 heteroatoms. The molecule has 2 aliphatic rings. The van der Waals surface area contributed by atoms with Crippen LogP contribution in [0.1, 0.15) is 73.2 Å². The molecule has 2 N–H and O–H groups in total. The number of H-pyrrole nitrogens is 1. The Morgan fingerprint density at radius 2 is 2.03 bits per heavy atom. The predicted octanol–water partition coefficient (Wildman–Crippen LogP) is 2.18. The third kappa shape index (κ3) is 4.02. The van der Waals surface area contributed by atoms with Crippen molar-refractivity contribution >= 4 is 15.9 Å². The molecule has 1 aliphatic heterocycles. The van der Waals surface area contributed by atoms with Crippen LogP contribution in [0.3, 0.4) is 0 Å². The Labute approximate surface area is 177 Å². The molecule has 0 aromatic carbocycles. The minimum Gasteiger partial charge on any atom is -0.348 e. The summed E-state index contributed by atoms with van der Waals surface area (Å²) in [6, 6.07) is 2.01. The molecular weight excluding hydrogens is 404 g/mol. The fourth-order valence-corrected chi connectivity index (χ4v) is 6.23. The summed E-state index contributed by atoms with van der Waals surface area (Å²) in [6.07, 6.45) is 7.40. The van der Waals surface area contributed by atoms with Crippen LogP contribution in [-0.4, -0.2) is 57.7 Å². The van der Waals surface area contributed by atoms with Crippen molar-refractivity contribution < 1.29 is 13.2 Å². The largest absolute Gasteiger partial charge is 0.348 e. The number of nitrogens with zero attached hydrogens (tertiary/aromatic N) is 4. The third-order valence-electron chi connectivity index (χ3n) is 6.32. The highest BCUT2D eigenvalue weighted by Crippen LogP contribution is 2.30. The van der Waals surface area contributed by atoms with Crippen LogP contribution in [0.25, 0.3) is 0 Å². The van der Waals surface area contributed by atoms with Crippen LogP contribution < -0.4 is 5.32 Å². The van der Waals surface area contributed by atoms with Gasteiger partial charge in [-0.3, -0.25) is 14.6 Å². The zero-order chi connectivity index (χ0) is 21.3. The Bertz CT molecular complexity index is 1010. The Hall–Kier alpha value is -2.20. The van der Waals surface area contributed by atoms with Crippen LogP contribution in [0.2, 0.25) is 0 Å². The molecule has 3 heterocycles. The Balaban J connectivity index is 1.47. The highest BCUT2D eigenvalue weighted by atomic mass is 32.2. The summed E-state index contributed by atoms with van der Waals surface area (Å²) in [4.78, 5) is 12.7. The van der Waals surface area contributed by atoms with Gasteiger partial charge in [0, 0.05) is 37.3 Å². The molecule has 164 valence electrons. The second-order valence-electron chi connectivity index (χ2n) is 8.28. The van der Waals surface area contributed by atoms with Crippen molar-refractivity contribution in [3.05, 3.63) is 29.3 Å². The summed E-state index contributed by atoms with van der Waals surface area (Å²) in [5.74, 6) is -0.178. The van der Waals surface area contributed by atoms with Crippen molar-refractivity contribution in [3.63, 3.8) is 0 Å². The lowest BCUT2D eigenvalue weighted by atomic mass is 9.96. The summed E-state index contributed by atoms with van der Waals surface area (Å²) in [5.41, 5.74) is 1.84. The lowest BCUT2D eigenvalue weighted by Gasteiger charge is -2.31. The molecule has 2 fully saturated rings. The van der Waals surface area contributed by atoms with E-state index in [9.17, 15) is 13.2 Å². The van der Waals surface area contributed by atoms with Crippen molar-refractivity contribution in [2.24, 2.45) is 0 Å². The van der Waals surface area contributed by atoms with Gasteiger partial charge in [0.05, 0.1) is 11.9 Å².